The van der Waals surface area contributed by atoms with Gasteiger partial charge in [0, 0.05) is 11.6 Å². The van der Waals surface area contributed by atoms with E-state index in [1.165, 1.54) is 29.6 Å². The van der Waals surface area contributed by atoms with E-state index in [9.17, 15) is 5.11 Å². The molecule has 3 rings (SSSR count). The lowest BCUT2D eigenvalue weighted by Crippen LogP contribution is -2.35. The number of aromatic hydroxyl groups is 1. The van der Waals surface area contributed by atoms with Gasteiger partial charge in [0.25, 0.3) is 0 Å². The second-order valence-corrected chi connectivity index (χ2v) is 5.46. The van der Waals surface area contributed by atoms with Gasteiger partial charge in [0.05, 0.1) is 0 Å². The second kappa shape index (κ2) is 3.52. The largest absolute Gasteiger partial charge is 0.508 e. The third-order valence-corrected chi connectivity index (χ3v) is 3.85. The summed E-state index contributed by atoms with van der Waals surface area (Å²) in [6.07, 6.45) is 4.80. The highest BCUT2D eigenvalue weighted by atomic mass is 16.5. The topological polar surface area (TPSA) is 29.5 Å². The number of phenolic OH excluding ortho intramolecular Hbond substituents is 1. The highest BCUT2D eigenvalue weighted by Gasteiger charge is 2.35. The van der Waals surface area contributed by atoms with Crippen LogP contribution >= 0.6 is 0 Å². The van der Waals surface area contributed by atoms with Crippen LogP contribution in [0.5, 0.6) is 11.5 Å². The van der Waals surface area contributed by atoms with Gasteiger partial charge in [-0.2, -0.15) is 0 Å². The van der Waals surface area contributed by atoms with E-state index in [0.29, 0.717) is 0 Å². The Hall–Kier alpha value is -1.44. The summed E-state index contributed by atoms with van der Waals surface area (Å²) in [7, 11) is 0. The van der Waals surface area contributed by atoms with E-state index in [0.717, 1.165) is 18.6 Å². The number of rotatable bonds is 0. The van der Waals surface area contributed by atoms with Crippen LogP contribution in [0.15, 0.2) is 23.8 Å². The first-order valence-corrected chi connectivity index (χ1v) is 6.33. The fourth-order valence-electron chi connectivity index (χ4n) is 3.05. The zero-order valence-electron chi connectivity index (χ0n) is 10.4. The van der Waals surface area contributed by atoms with Crippen molar-refractivity contribution in [2.24, 2.45) is 0 Å². The van der Waals surface area contributed by atoms with Crippen LogP contribution in [0.2, 0.25) is 0 Å². The molecule has 2 aliphatic rings. The number of ether oxygens (including phenoxy) is 1. The summed E-state index contributed by atoms with van der Waals surface area (Å²) >= 11 is 0. The van der Waals surface area contributed by atoms with E-state index in [1.807, 2.05) is 6.07 Å². The summed E-state index contributed by atoms with van der Waals surface area (Å²) in [5, 5.41) is 9.56. The van der Waals surface area contributed by atoms with Crippen molar-refractivity contribution in [3.05, 3.63) is 29.3 Å². The van der Waals surface area contributed by atoms with Gasteiger partial charge >= 0.3 is 0 Å². The molecule has 17 heavy (non-hydrogen) atoms. The lowest BCUT2D eigenvalue weighted by Gasteiger charge is -2.39. The van der Waals surface area contributed by atoms with Crippen LogP contribution in [0.25, 0.3) is 5.57 Å². The van der Waals surface area contributed by atoms with E-state index in [4.69, 9.17) is 4.74 Å². The Morgan fingerprint density at radius 3 is 2.76 bits per heavy atom. The van der Waals surface area contributed by atoms with Crippen molar-refractivity contribution in [3.63, 3.8) is 0 Å². The Morgan fingerprint density at radius 2 is 1.94 bits per heavy atom. The lowest BCUT2D eigenvalue weighted by molar-refractivity contribution is 0.137. The SMILES string of the molecule is CC1(C)Oc2cc(O)ccc2C2=C1CCCC2. The third kappa shape index (κ3) is 1.63. The highest BCUT2D eigenvalue weighted by Crippen LogP contribution is 2.47. The van der Waals surface area contributed by atoms with Crippen LogP contribution < -0.4 is 4.74 Å². The molecule has 1 aromatic carbocycles. The Balaban J connectivity index is 2.20. The summed E-state index contributed by atoms with van der Waals surface area (Å²) in [6, 6.07) is 5.47. The van der Waals surface area contributed by atoms with Gasteiger partial charge in [-0.1, -0.05) is 0 Å². The van der Waals surface area contributed by atoms with Crippen molar-refractivity contribution in [2.75, 3.05) is 0 Å². The highest BCUT2D eigenvalue weighted by molar-refractivity contribution is 5.77. The van der Waals surface area contributed by atoms with Crippen LogP contribution in [0, 0.1) is 0 Å². The lowest BCUT2D eigenvalue weighted by atomic mass is 9.78. The molecule has 0 spiro atoms. The second-order valence-electron chi connectivity index (χ2n) is 5.46. The standard InChI is InChI=1S/C15H18O2/c1-15(2)13-6-4-3-5-11(13)12-8-7-10(16)9-14(12)17-15/h7-9,16H,3-6H2,1-2H3. The number of hydrogen-bond acceptors (Lipinski definition) is 2. The average Bonchev–Trinajstić information content (AvgIpc) is 2.28. The Morgan fingerprint density at radius 1 is 1.18 bits per heavy atom. The molecule has 1 N–H and O–H groups in total. The minimum atomic E-state index is -0.226. The summed E-state index contributed by atoms with van der Waals surface area (Å²) < 4.78 is 6.05. The molecule has 2 nitrogen and oxygen atoms in total. The molecule has 0 fully saturated rings. The Labute approximate surface area is 102 Å². The maximum absolute atomic E-state index is 9.56. The first-order chi connectivity index (χ1) is 8.08. The normalized spacial score (nSPS) is 21.5. The number of benzene rings is 1. The maximum atomic E-state index is 9.56. The molecular formula is C15H18O2. The summed E-state index contributed by atoms with van der Waals surface area (Å²) in [5.74, 6) is 1.11. The first kappa shape index (κ1) is 10.7. The molecular weight excluding hydrogens is 212 g/mol. The minimum absolute atomic E-state index is 0.226. The molecule has 0 bridgehead atoms. The first-order valence-electron chi connectivity index (χ1n) is 6.33. The van der Waals surface area contributed by atoms with Crippen molar-refractivity contribution in [2.45, 2.75) is 45.1 Å². The predicted molar refractivity (Wildman–Crippen MR) is 68.2 cm³/mol. The van der Waals surface area contributed by atoms with E-state index in [-0.39, 0.29) is 11.4 Å². The van der Waals surface area contributed by atoms with Crippen LogP contribution in [0.3, 0.4) is 0 Å². The zero-order valence-corrected chi connectivity index (χ0v) is 10.4. The molecule has 0 saturated heterocycles. The quantitative estimate of drug-likeness (QED) is 0.732. The molecule has 2 heteroatoms. The van der Waals surface area contributed by atoms with Crippen molar-refractivity contribution < 1.29 is 9.84 Å². The van der Waals surface area contributed by atoms with Gasteiger partial charge in [-0.3, -0.25) is 0 Å². The van der Waals surface area contributed by atoms with Gasteiger partial charge in [-0.05, 0) is 62.8 Å². The fraction of sp³-hybridized carbons (Fsp3) is 0.467. The van der Waals surface area contributed by atoms with E-state index in [2.05, 4.69) is 13.8 Å². The van der Waals surface area contributed by atoms with Gasteiger partial charge in [-0.15, -0.1) is 0 Å². The van der Waals surface area contributed by atoms with Crippen LogP contribution in [-0.4, -0.2) is 10.7 Å². The summed E-state index contributed by atoms with van der Waals surface area (Å²) in [4.78, 5) is 0. The molecule has 0 unspecified atom stereocenters. The van der Waals surface area contributed by atoms with Crippen LogP contribution in [0.1, 0.15) is 45.1 Å². The van der Waals surface area contributed by atoms with Crippen molar-refractivity contribution in [3.8, 4) is 11.5 Å². The van der Waals surface area contributed by atoms with Crippen molar-refractivity contribution >= 4 is 5.57 Å². The molecule has 1 aliphatic carbocycles. The Kier molecular flexibility index (Phi) is 2.22. The molecule has 0 saturated carbocycles. The third-order valence-electron chi connectivity index (χ3n) is 3.85. The fourth-order valence-corrected chi connectivity index (χ4v) is 3.05. The Bertz CT molecular complexity index is 498. The average molecular weight is 230 g/mol. The number of allylic oxidation sites excluding steroid dienone is 1. The molecule has 0 amide bonds. The maximum Gasteiger partial charge on any atom is 0.131 e. The van der Waals surface area contributed by atoms with Gasteiger partial charge in [0.2, 0.25) is 0 Å². The van der Waals surface area contributed by atoms with Crippen molar-refractivity contribution in [1.82, 2.24) is 0 Å². The smallest absolute Gasteiger partial charge is 0.131 e. The van der Waals surface area contributed by atoms with Crippen LogP contribution in [-0.2, 0) is 0 Å². The van der Waals surface area contributed by atoms with Crippen molar-refractivity contribution in [1.29, 1.82) is 0 Å². The van der Waals surface area contributed by atoms with Gasteiger partial charge in [0.15, 0.2) is 0 Å². The molecule has 0 radical (unpaired) electrons. The van der Waals surface area contributed by atoms with E-state index >= 15 is 0 Å². The van der Waals surface area contributed by atoms with Gasteiger partial charge in [0.1, 0.15) is 17.1 Å². The molecule has 90 valence electrons. The zero-order chi connectivity index (χ0) is 12.0. The van der Waals surface area contributed by atoms with Gasteiger partial charge in [-0.25, -0.2) is 0 Å². The summed E-state index contributed by atoms with van der Waals surface area (Å²) in [5.41, 5.74) is 3.84. The molecule has 1 aromatic rings. The number of phenols is 1. The minimum Gasteiger partial charge on any atom is -0.508 e. The molecule has 1 aliphatic heterocycles. The molecule has 0 aromatic heterocycles. The summed E-state index contributed by atoms with van der Waals surface area (Å²) in [6.45, 7) is 4.25. The molecule has 0 atom stereocenters. The van der Waals surface area contributed by atoms with E-state index in [1.54, 1.807) is 12.1 Å². The van der Waals surface area contributed by atoms with Crippen LogP contribution in [0.4, 0.5) is 0 Å². The number of fused-ring (bicyclic) bond motifs is 2. The predicted octanol–water partition coefficient (Wildman–Crippen LogP) is 3.89. The molecule has 1 heterocycles. The van der Waals surface area contributed by atoms with Gasteiger partial charge < -0.3 is 9.84 Å². The van der Waals surface area contributed by atoms with E-state index < -0.39 is 0 Å². The number of hydrogen-bond donors (Lipinski definition) is 1. The monoisotopic (exact) mass is 230 g/mol.